The summed E-state index contributed by atoms with van der Waals surface area (Å²) in [5.74, 6) is -0.236. The number of aliphatic hydroxyl groups is 1. The third-order valence-electron chi connectivity index (χ3n) is 3.03. The van der Waals surface area contributed by atoms with Crippen molar-refractivity contribution in [2.75, 3.05) is 19.7 Å². The third kappa shape index (κ3) is 6.09. The van der Waals surface area contributed by atoms with Crippen molar-refractivity contribution in [2.45, 2.75) is 58.8 Å². The molecule has 0 spiro atoms. The van der Waals surface area contributed by atoms with Crippen molar-refractivity contribution in [1.82, 2.24) is 10.2 Å². The molecule has 1 aliphatic rings. The molecule has 128 valence electrons. The minimum Gasteiger partial charge on any atom is -0.444 e. The molecule has 2 amide bonds. The van der Waals surface area contributed by atoms with Crippen LogP contribution < -0.4 is 5.32 Å². The first-order valence-electron chi connectivity index (χ1n) is 7.49. The van der Waals surface area contributed by atoms with E-state index in [2.05, 4.69) is 5.32 Å². The van der Waals surface area contributed by atoms with Crippen LogP contribution in [0.5, 0.6) is 0 Å². The lowest BCUT2D eigenvalue weighted by Crippen LogP contribution is -2.44. The smallest absolute Gasteiger partial charge is 0.410 e. The Kier molecular flexibility index (Phi) is 5.67. The summed E-state index contributed by atoms with van der Waals surface area (Å²) in [6.45, 7) is 11.2. The van der Waals surface area contributed by atoms with Gasteiger partial charge < -0.3 is 24.8 Å². The lowest BCUT2D eigenvalue weighted by molar-refractivity contribution is 0.0277. The van der Waals surface area contributed by atoms with Crippen LogP contribution in [0, 0.1) is 5.92 Å². The van der Waals surface area contributed by atoms with E-state index in [0.29, 0.717) is 13.1 Å². The average Bonchev–Trinajstić information content (AvgIpc) is 2.67. The summed E-state index contributed by atoms with van der Waals surface area (Å²) in [6.07, 6.45) is -0.999. The first-order chi connectivity index (χ1) is 9.91. The largest absolute Gasteiger partial charge is 0.444 e. The quantitative estimate of drug-likeness (QED) is 0.810. The van der Waals surface area contributed by atoms with Crippen molar-refractivity contribution in [3.8, 4) is 0 Å². The summed E-state index contributed by atoms with van der Waals surface area (Å²) in [5, 5.41) is 12.2. The topological polar surface area (TPSA) is 88.1 Å². The molecule has 0 bridgehead atoms. The second-order valence-electron chi connectivity index (χ2n) is 7.58. The highest BCUT2D eigenvalue weighted by atomic mass is 16.6. The van der Waals surface area contributed by atoms with E-state index in [0.717, 1.165) is 0 Å². The number of aliphatic hydroxyl groups excluding tert-OH is 1. The molecule has 0 radical (unpaired) electrons. The van der Waals surface area contributed by atoms with Crippen LogP contribution in [0.3, 0.4) is 0 Å². The predicted molar refractivity (Wildman–Crippen MR) is 81.5 cm³/mol. The predicted octanol–water partition coefficient (Wildman–Crippen LogP) is 1.74. The number of likely N-dealkylation sites (tertiary alicyclic amines) is 1. The van der Waals surface area contributed by atoms with E-state index in [1.165, 1.54) is 4.90 Å². The van der Waals surface area contributed by atoms with Crippen LogP contribution in [-0.4, -0.2) is 59.1 Å². The highest BCUT2D eigenvalue weighted by molar-refractivity contribution is 5.70. The van der Waals surface area contributed by atoms with E-state index in [-0.39, 0.29) is 18.6 Å². The molecule has 1 rings (SSSR count). The van der Waals surface area contributed by atoms with Gasteiger partial charge >= 0.3 is 12.2 Å². The maximum atomic E-state index is 12.1. The molecule has 0 aromatic rings. The molecule has 2 atom stereocenters. The first kappa shape index (κ1) is 18.5. The van der Waals surface area contributed by atoms with E-state index in [4.69, 9.17) is 9.47 Å². The van der Waals surface area contributed by atoms with Gasteiger partial charge in [0.1, 0.15) is 11.2 Å². The number of carbonyl (C=O) groups excluding carboxylic acids is 2. The summed E-state index contributed by atoms with van der Waals surface area (Å²) < 4.78 is 10.5. The number of ether oxygens (including phenoxy) is 2. The van der Waals surface area contributed by atoms with Gasteiger partial charge in [0, 0.05) is 25.6 Å². The molecule has 0 aromatic carbocycles. The Morgan fingerprint density at radius 1 is 1.09 bits per heavy atom. The highest BCUT2D eigenvalue weighted by Crippen LogP contribution is 2.20. The Hall–Kier alpha value is -1.50. The molecular formula is C15H28N2O5. The molecule has 0 aliphatic carbocycles. The zero-order chi connectivity index (χ0) is 17.1. The lowest BCUT2D eigenvalue weighted by Gasteiger charge is -2.25. The number of nitrogens with zero attached hydrogens (tertiary/aromatic N) is 1. The van der Waals surface area contributed by atoms with Crippen LogP contribution in [0.15, 0.2) is 0 Å². The number of hydrogen-bond donors (Lipinski definition) is 2. The van der Waals surface area contributed by atoms with Crippen LogP contribution in [0.1, 0.15) is 41.5 Å². The molecule has 2 N–H and O–H groups in total. The number of nitrogens with one attached hydrogen (secondary N) is 1. The van der Waals surface area contributed by atoms with E-state index in [1.54, 1.807) is 41.5 Å². The molecule has 0 unspecified atom stereocenters. The Bertz CT molecular complexity index is 411. The molecule has 1 heterocycles. The Labute approximate surface area is 131 Å². The Morgan fingerprint density at radius 2 is 1.64 bits per heavy atom. The lowest BCUT2D eigenvalue weighted by atomic mass is 10.1. The average molecular weight is 316 g/mol. The second kappa shape index (κ2) is 6.73. The molecule has 0 aromatic heterocycles. The molecule has 1 saturated heterocycles. The monoisotopic (exact) mass is 316 g/mol. The summed E-state index contributed by atoms with van der Waals surface area (Å²) in [4.78, 5) is 25.4. The Balaban J connectivity index is 2.62. The fourth-order valence-corrected chi connectivity index (χ4v) is 2.15. The van der Waals surface area contributed by atoms with Crippen LogP contribution in [0.4, 0.5) is 9.59 Å². The second-order valence-corrected chi connectivity index (χ2v) is 7.58. The summed E-state index contributed by atoms with van der Waals surface area (Å²) in [5.41, 5.74) is -1.18. The summed E-state index contributed by atoms with van der Waals surface area (Å²) in [7, 11) is 0. The highest BCUT2D eigenvalue weighted by Gasteiger charge is 2.38. The summed E-state index contributed by atoms with van der Waals surface area (Å²) in [6, 6.07) is -0.354. The number of rotatable bonds is 2. The fraction of sp³-hybridized carbons (Fsp3) is 0.867. The number of carbonyl (C=O) groups is 2. The van der Waals surface area contributed by atoms with Gasteiger partial charge in [0.05, 0.1) is 6.04 Å². The molecule has 22 heavy (non-hydrogen) atoms. The van der Waals surface area contributed by atoms with Crippen molar-refractivity contribution in [3.05, 3.63) is 0 Å². The number of alkyl carbamates (subject to hydrolysis) is 1. The van der Waals surface area contributed by atoms with Crippen molar-refractivity contribution in [2.24, 2.45) is 5.92 Å². The maximum Gasteiger partial charge on any atom is 0.410 e. The van der Waals surface area contributed by atoms with Gasteiger partial charge in [-0.3, -0.25) is 0 Å². The van der Waals surface area contributed by atoms with Crippen molar-refractivity contribution in [3.63, 3.8) is 0 Å². The SMILES string of the molecule is CC(C)(C)OC(=O)N[C@@H]1CN(C(=O)OC(C)(C)C)C[C@@H]1CO. The van der Waals surface area contributed by atoms with E-state index in [1.807, 2.05) is 0 Å². The number of amides is 2. The first-order valence-corrected chi connectivity index (χ1v) is 7.49. The molecule has 7 heteroatoms. The molecule has 1 aliphatic heterocycles. The van der Waals surface area contributed by atoms with Crippen LogP contribution in [0.25, 0.3) is 0 Å². The van der Waals surface area contributed by atoms with Crippen molar-refractivity contribution >= 4 is 12.2 Å². The van der Waals surface area contributed by atoms with Gasteiger partial charge in [-0.05, 0) is 41.5 Å². The van der Waals surface area contributed by atoms with Crippen LogP contribution >= 0.6 is 0 Å². The Morgan fingerprint density at radius 3 is 2.09 bits per heavy atom. The van der Waals surface area contributed by atoms with E-state index >= 15 is 0 Å². The number of hydrogen-bond acceptors (Lipinski definition) is 5. The third-order valence-corrected chi connectivity index (χ3v) is 3.03. The van der Waals surface area contributed by atoms with Gasteiger partial charge in [-0.1, -0.05) is 0 Å². The zero-order valence-corrected chi connectivity index (χ0v) is 14.3. The van der Waals surface area contributed by atoms with Gasteiger partial charge in [-0.25, -0.2) is 9.59 Å². The molecular weight excluding hydrogens is 288 g/mol. The van der Waals surface area contributed by atoms with Crippen molar-refractivity contribution in [1.29, 1.82) is 0 Å². The fourth-order valence-electron chi connectivity index (χ4n) is 2.15. The normalized spacial score (nSPS) is 22.4. The van der Waals surface area contributed by atoms with Crippen LogP contribution in [-0.2, 0) is 9.47 Å². The van der Waals surface area contributed by atoms with Gasteiger partial charge in [0.15, 0.2) is 0 Å². The molecule has 1 fully saturated rings. The van der Waals surface area contributed by atoms with E-state index < -0.39 is 23.4 Å². The van der Waals surface area contributed by atoms with E-state index in [9.17, 15) is 14.7 Å². The molecule has 0 saturated carbocycles. The van der Waals surface area contributed by atoms with Crippen LogP contribution in [0.2, 0.25) is 0 Å². The minimum atomic E-state index is -0.595. The van der Waals surface area contributed by atoms with Gasteiger partial charge in [0.2, 0.25) is 0 Å². The van der Waals surface area contributed by atoms with Gasteiger partial charge in [-0.2, -0.15) is 0 Å². The standard InChI is InChI=1S/C15H28N2O5/c1-14(2,3)21-12(19)16-11-8-17(7-10(11)9-18)13(20)22-15(4,5)6/h10-11,18H,7-9H2,1-6H3,(H,16,19)/t10-,11-/m1/s1. The maximum absolute atomic E-state index is 12.1. The van der Waals surface area contributed by atoms with Gasteiger partial charge in [-0.15, -0.1) is 0 Å². The minimum absolute atomic E-state index is 0.125. The zero-order valence-electron chi connectivity index (χ0n) is 14.3. The molecule has 7 nitrogen and oxygen atoms in total. The van der Waals surface area contributed by atoms with Crippen molar-refractivity contribution < 1.29 is 24.2 Å². The summed E-state index contributed by atoms with van der Waals surface area (Å²) >= 11 is 0. The van der Waals surface area contributed by atoms with Gasteiger partial charge in [0.25, 0.3) is 0 Å².